The molecule has 0 spiro atoms. The highest BCUT2D eigenvalue weighted by atomic mass is 16.3. The summed E-state index contributed by atoms with van der Waals surface area (Å²) in [5, 5.41) is 22.1. The van der Waals surface area contributed by atoms with Crippen LogP contribution in [0.15, 0.2) is 0 Å². The molecule has 1 heterocycles. The number of tetrazole rings is 1. The molecule has 0 aromatic carbocycles. The molecule has 0 amide bonds. The van der Waals surface area contributed by atoms with Crippen LogP contribution in [-0.2, 0) is 5.41 Å². The van der Waals surface area contributed by atoms with Crippen LogP contribution in [0.2, 0.25) is 0 Å². The zero-order valence-corrected chi connectivity index (χ0v) is 6.28. The van der Waals surface area contributed by atoms with Crippen LogP contribution in [0.3, 0.4) is 0 Å². The van der Waals surface area contributed by atoms with E-state index in [0.717, 1.165) is 0 Å². The minimum atomic E-state index is -0.576. The van der Waals surface area contributed by atoms with Gasteiger partial charge >= 0.3 is 0 Å². The summed E-state index contributed by atoms with van der Waals surface area (Å²) < 4.78 is 0. The average Bonchev–Trinajstić information content (AvgIpc) is 2.55. The Morgan fingerprint density at radius 2 is 2.45 bits per heavy atom. The highest BCUT2D eigenvalue weighted by Gasteiger charge is 2.28. The minimum absolute atomic E-state index is 0.0803. The molecule has 0 radical (unpaired) electrons. The van der Waals surface area contributed by atoms with E-state index in [4.69, 9.17) is 10.8 Å². The van der Waals surface area contributed by atoms with Gasteiger partial charge in [-0.2, -0.15) is 5.21 Å². The molecule has 0 saturated carbocycles. The van der Waals surface area contributed by atoms with Gasteiger partial charge in [0.2, 0.25) is 0 Å². The number of aliphatic hydroxyl groups excluding tert-OH is 1. The second kappa shape index (κ2) is 2.93. The van der Waals surface area contributed by atoms with Gasteiger partial charge < -0.3 is 10.8 Å². The third kappa shape index (κ3) is 1.36. The molecule has 0 aliphatic rings. The Balaban J connectivity index is 2.87. The highest BCUT2D eigenvalue weighted by molar-refractivity contribution is 5.02. The van der Waals surface area contributed by atoms with Crippen molar-refractivity contribution >= 4 is 0 Å². The fourth-order valence-corrected chi connectivity index (χ4v) is 0.644. The SMILES string of the molecule is CC(CN)(CO)c1nn[nH]n1. The molecule has 0 aliphatic heterocycles. The number of aromatic nitrogens is 4. The van der Waals surface area contributed by atoms with Crippen LogP contribution in [0, 0.1) is 0 Å². The Morgan fingerprint density at radius 1 is 1.73 bits per heavy atom. The lowest BCUT2D eigenvalue weighted by molar-refractivity contribution is 0.203. The minimum Gasteiger partial charge on any atom is -0.395 e. The Bertz CT molecular complexity index is 205. The Kier molecular flexibility index (Phi) is 2.16. The topological polar surface area (TPSA) is 101 Å². The van der Waals surface area contributed by atoms with Crippen LogP contribution < -0.4 is 5.73 Å². The van der Waals surface area contributed by atoms with E-state index in [2.05, 4.69) is 20.6 Å². The standard InChI is InChI=1S/C5H11N5O/c1-5(2-6,3-11)4-7-9-10-8-4/h11H,2-3,6H2,1H3,(H,7,8,9,10). The normalized spacial score (nSPS) is 16.3. The Morgan fingerprint density at radius 3 is 2.82 bits per heavy atom. The summed E-state index contributed by atoms with van der Waals surface area (Å²) in [4.78, 5) is 0. The number of nitrogens with one attached hydrogen (secondary N) is 1. The molecule has 1 rings (SSSR count). The number of aromatic amines is 1. The monoisotopic (exact) mass is 157 g/mol. The molecular formula is C5H11N5O. The lowest BCUT2D eigenvalue weighted by Crippen LogP contribution is -2.36. The van der Waals surface area contributed by atoms with Crippen molar-refractivity contribution in [2.24, 2.45) is 5.73 Å². The fourth-order valence-electron chi connectivity index (χ4n) is 0.644. The molecule has 62 valence electrons. The van der Waals surface area contributed by atoms with Crippen LogP contribution in [0.5, 0.6) is 0 Å². The van der Waals surface area contributed by atoms with Crippen molar-refractivity contribution in [3.63, 3.8) is 0 Å². The van der Waals surface area contributed by atoms with Crippen LogP contribution in [-0.4, -0.2) is 38.9 Å². The van der Waals surface area contributed by atoms with E-state index in [1.165, 1.54) is 0 Å². The zero-order chi connectivity index (χ0) is 8.32. The van der Waals surface area contributed by atoms with Crippen LogP contribution in [0.1, 0.15) is 12.7 Å². The summed E-state index contributed by atoms with van der Waals surface area (Å²) in [7, 11) is 0. The summed E-state index contributed by atoms with van der Waals surface area (Å²) in [5.41, 5.74) is 4.85. The maximum absolute atomic E-state index is 8.96. The van der Waals surface area contributed by atoms with Crippen LogP contribution >= 0.6 is 0 Å². The third-order valence-corrected chi connectivity index (χ3v) is 1.68. The molecule has 11 heavy (non-hydrogen) atoms. The number of nitrogens with two attached hydrogens (primary N) is 1. The molecule has 0 fully saturated rings. The predicted molar refractivity (Wildman–Crippen MR) is 37.7 cm³/mol. The summed E-state index contributed by atoms with van der Waals surface area (Å²) in [5.74, 6) is 0.447. The van der Waals surface area contributed by atoms with Crippen LogP contribution in [0.4, 0.5) is 0 Å². The van der Waals surface area contributed by atoms with E-state index in [0.29, 0.717) is 12.4 Å². The molecule has 1 aromatic rings. The first-order valence-corrected chi connectivity index (χ1v) is 3.28. The van der Waals surface area contributed by atoms with E-state index < -0.39 is 5.41 Å². The predicted octanol–water partition coefficient (Wildman–Crippen LogP) is -1.59. The van der Waals surface area contributed by atoms with E-state index in [1.807, 2.05) is 0 Å². The number of hydrogen-bond donors (Lipinski definition) is 3. The van der Waals surface area contributed by atoms with E-state index in [1.54, 1.807) is 6.92 Å². The largest absolute Gasteiger partial charge is 0.395 e. The van der Waals surface area contributed by atoms with Gasteiger partial charge in [0.1, 0.15) is 0 Å². The first-order chi connectivity index (χ1) is 5.23. The third-order valence-electron chi connectivity index (χ3n) is 1.68. The van der Waals surface area contributed by atoms with Gasteiger partial charge in [-0.25, -0.2) is 0 Å². The molecule has 1 unspecified atom stereocenters. The molecule has 1 aromatic heterocycles. The van der Waals surface area contributed by atoms with Crippen molar-refractivity contribution in [2.75, 3.05) is 13.2 Å². The second-order valence-corrected chi connectivity index (χ2v) is 2.66. The van der Waals surface area contributed by atoms with Gasteiger partial charge in [-0.15, -0.1) is 10.2 Å². The van der Waals surface area contributed by atoms with Crippen molar-refractivity contribution in [1.29, 1.82) is 0 Å². The average molecular weight is 157 g/mol. The maximum atomic E-state index is 8.96. The molecule has 1 atom stereocenters. The summed E-state index contributed by atoms with van der Waals surface area (Å²) in [6, 6.07) is 0. The van der Waals surface area contributed by atoms with E-state index in [-0.39, 0.29) is 6.61 Å². The maximum Gasteiger partial charge on any atom is 0.183 e. The van der Waals surface area contributed by atoms with Crippen LogP contribution in [0.25, 0.3) is 0 Å². The van der Waals surface area contributed by atoms with Gasteiger partial charge in [0.15, 0.2) is 5.82 Å². The molecule has 0 saturated heterocycles. The molecular weight excluding hydrogens is 146 g/mol. The van der Waals surface area contributed by atoms with E-state index >= 15 is 0 Å². The fraction of sp³-hybridized carbons (Fsp3) is 0.800. The highest BCUT2D eigenvalue weighted by Crippen LogP contribution is 2.15. The van der Waals surface area contributed by atoms with Gasteiger partial charge in [0, 0.05) is 6.54 Å². The number of H-pyrrole nitrogens is 1. The molecule has 4 N–H and O–H groups in total. The van der Waals surface area contributed by atoms with Crippen molar-refractivity contribution < 1.29 is 5.11 Å². The van der Waals surface area contributed by atoms with Crippen molar-refractivity contribution in [3.05, 3.63) is 5.82 Å². The number of nitrogens with zero attached hydrogens (tertiary/aromatic N) is 3. The van der Waals surface area contributed by atoms with Gasteiger partial charge in [0.05, 0.1) is 12.0 Å². The number of aliphatic hydroxyl groups is 1. The van der Waals surface area contributed by atoms with Gasteiger partial charge in [0.25, 0.3) is 0 Å². The number of rotatable bonds is 3. The Labute approximate surface area is 63.8 Å². The lowest BCUT2D eigenvalue weighted by atomic mass is 9.91. The van der Waals surface area contributed by atoms with Gasteiger partial charge in [-0.3, -0.25) is 0 Å². The lowest BCUT2D eigenvalue weighted by Gasteiger charge is -2.19. The van der Waals surface area contributed by atoms with Gasteiger partial charge in [-0.05, 0) is 6.92 Å². The zero-order valence-electron chi connectivity index (χ0n) is 6.28. The van der Waals surface area contributed by atoms with Crippen molar-refractivity contribution in [1.82, 2.24) is 20.6 Å². The molecule has 0 bridgehead atoms. The van der Waals surface area contributed by atoms with Crippen molar-refractivity contribution in [3.8, 4) is 0 Å². The molecule has 6 heteroatoms. The summed E-state index contributed by atoms with van der Waals surface area (Å²) >= 11 is 0. The second-order valence-electron chi connectivity index (χ2n) is 2.66. The summed E-state index contributed by atoms with van der Waals surface area (Å²) in [6.45, 7) is 1.99. The Hall–Kier alpha value is -1.01. The quantitative estimate of drug-likeness (QED) is 0.491. The van der Waals surface area contributed by atoms with E-state index in [9.17, 15) is 0 Å². The molecule has 6 nitrogen and oxygen atoms in total. The van der Waals surface area contributed by atoms with Crippen molar-refractivity contribution in [2.45, 2.75) is 12.3 Å². The first-order valence-electron chi connectivity index (χ1n) is 3.28. The molecule has 0 aliphatic carbocycles. The van der Waals surface area contributed by atoms with Gasteiger partial charge in [-0.1, -0.05) is 5.21 Å². The first kappa shape index (κ1) is 8.09. The summed E-state index contributed by atoms with van der Waals surface area (Å²) in [6.07, 6.45) is 0. The number of hydrogen-bond acceptors (Lipinski definition) is 5. The smallest absolute Gasteiger partial charge is 0.183 e.